The lowest BCUT2D eigenvalue weighted by Crippen LogP contribution is -2.41. The molecule has 0 aliphatic carbocycles. The van der Waals surface area contributed by atoms with Crippen molar-refractivity contribution >= 4 is 5.71 Å². The third-order valence-electron chi connectivity index (χ3n) is 4.50. The first kappa shape index (κ1) is 20.0. The van der Waals surface area contributed by atoms with E-state index in [9.17, 15) is 0 Å². The van der Waals surface area contributed by atoms with Gasteiger partial charge in [0.25, 0.3) is 0 Å². The fourth-order valence-electron chi connectivity index (χ4n) is 2.94. The van der Waals surface area contributed by atoms with E-state index in [0.717, 1.165) is 36.6 Å². The van der Waals surface area contributed by atoms with E-state index < -0.39 is 0 Å². The molecule has 148 valence electrons. The Bertz CT molecular complexity index is 804. The molecule has 0 bridgehead atoms. The van der Waals surface area contributed by atoms with Crippen LogP contribution >= 0.6 is 0 Å². The maximum absolute atomic E-state index is 5.88. The van der Waals surface area contributed by atoms with E-state index in [-0.39, 0.29) is 6.29 Å². The highest BCUT2D eigenvalue weighted by Crippen LogP contribution is 2.15. The fourth-order valence-corrected chi connectivity index (χ4v) is 2.94. The van der Waals surface area contributed by atoms with Crippen LogP contribution in [-0.4, -0.2) is 61.1 Å². The first-order valence-electron chi connectivity index (χ1n) is 9.60. The van der Waals surface area contributed by atoms with Crippen LogP contribution in [0.2, 0.25) is 0 Å². The number of allylic oxidation sites excluding steroid dienone is 1. The Labute approximate surface area is 167 Å². The zero-order valence-electron chi connectivity index (χ0n) is 16.9. The molecule has 28 heavy (non-hydrogen) atoms. The van der Waals surface area contributed by atoms with Gasteiger partial charge in [-0.05, 0) is 56.4 Å². The van der Waals surface area contributed by atoms with Gasteiger partial charge in [-0.3, -0.25) is 10.3 Å². The van der Waals surface area contributed by atoms with Gasteiger partial charge in [-0.25, -0.2) is 4.99 Å². The van der Waals surface area contributed by atoms with Gasteiger partial charge < -0.3 is 14.5 Å². The highest BCUT2D eigenvalue weighted by atomic mass is 16.5. The summed E-state index contributed by atoms with van der Waals surface area (Å²) in [7, 11) is 6.17. The summed E-state index contributed by atoms with van der Waals surface area (Å²) in [6, 6.07) is 12.2. The molecule has 0 fully saturated rings. The first-order valence-corrected chi connectivity index (χ1v) is 9.60. The second-order valence-electron chi connectivity index (χ2n) is 7.14. The van der Waals surface area contributed by atoms with Crippen LogP contribution in [-0.2, 0) is 6.54 Å². The zero-order valence-corrected chi connectivity index (χ0v) is 16.9. The van der Waals surface area contributed by atoms with Crippen LogP contribution in [0.4, 0.5) is 0 Å². The average Bonchev–Trinajstić information content (AvgIpc) is 2.71. The number of rotatable bonds is 9. The molecule has 2 aromatic rings. The molecule has 6 nitrogen and oxygen atoms in total. The lowest BCUT2D eigenvalue weighted by molar-refractivity contribution is 0.277. The van der Waals surface area contributed by atoms with E-state index in [2.05, 4.69) is 46.3 Å². The van der Waals surface area contributed by atoms with Gasteiger partial charge in [-0.15, -0.1) is 0 Å². The Morgan fingerprint density at radius 2 is 2.00 bits per heavy atom. The predicted molar refractivity (Wildman–Crippen MR) is 113 cm³/mol. The number of aliphatic imine (C=N–C) groups is 1. The van der Waals surface area contributed by atoms with Gasteiger partial charge in [0, 0.05) is 44.3 Å². The summed E-state index contributed by atoms with van der Waals surface area (Å²) in [5.41, 5.74) is 3.20. The van der Waals surface area contributed by atoms with Crippen LogP contribution < -0.4 is 10.1 Å². The maximum Gasteiger partial charge on any atom is 0.176 e. The number of aromatic nitrogens is 1. The minimum atomic E-state index is -0.113. The standard InChI is InChI=1S/C22H29N5O/c1-26(2)13-5-15-28-20-7-4-6-18(16-20)17-24-22-25-21(10-14-27(22)3)19-8-11-23-12-9-19/h4,6-12,14,16,22,24H,5,13,15,17H2,1-3H3. The molecule has 0 saturated heterocycles. The molecule has 2 heterocycles. The number of nitrogens with zero attached hydrogens (tertiary/aromatic N) is 4. The van der Waals surface area contributed by atoms with E-state index in [1.165, 1.54) is 5.56 Å². The van der Waals surface area contributed by atoms with Gasteiger partial charge in [0.2, 0.25) is 0 Å². The molecule has 0 saturated carbocycles. The lowest BCUT2D eigenvalue weighted by Gasteiger charge is -2.28. The van der Waals surface area contributed by atoms with Crippen LogP contribution in [0.1, 0.15) is 17.5 Å². The van der Waals surface area contributed by atoms with Crippen LogP contribution in [0.5, 0.6) is 5.75 Å². The monoisotopic (exact) mass is 379 g/mol. The maximum atomic E-state index is 5.88. The number of hydrogen-bond acceptors (Lipinski definition) is 6. The molecular formula is C22H29N5O. The van der Waals surface area contributed by atoms with Gasteiger partial charge in [0.05, 0.1) is 12.3 Å². The summed E-state index contributed by atoms with van der Waals surface area (Å²) in [5, 5.41) is 3.51. The molecule has 0 radical (unpaired) electrons. The summed E-state index contributed by atoms with van der Waals surface area (Å²) < 4.78 is 5.88. The molecule has 1 aromatic heterocycles. The summed E-state index contributed by atoms with van der Waals surface area (Å²) >= 11 is 0. The van der Waals surface area contributed by atoms with E-state index in [0.29, 0.717) is 6.54 Å². The van der Waals surface area contributed by atoms with Crippen molar-refractivity contribution in [1.82, 2.24) is 20.1 Å². The Morgan fingerprint density at radius 1 is 1.18 bits per heavy atom. The third-order valence-corrected chi connectivity index (χ3v) is 4.50. The number of pyridine rings is 1. The molecule has 0 spiro atoms. The second-order valence-corrected chi connectivity index (χ2v) is 7.14. The molecule has 1 unspecified atom stereocenters. The van der Waals surface area contributed by atoms with Crippen molar-refractivity contribution < 1.29 is 4.74 Å². The normalized spacial score (nSPS) is 16.4. The minimum absolute atomic E-state index is 0.113. The third kappa shape index (κ3) is 5.90. The van der Waals surface area contributed by atoms with Gasteiger partial charge >= 0.3 is 0 Å². The van der Waals surface area contributed by atoms with Gasteiger partial charge in [-0.2, -0.15) is 0 Å². The molecular weight excluding hydrogens is 350 g/mol. The highest BCUT2D eigenvalue weighted by molar-refractivity contribution is 6.08. The van der Waals surface area contributed by atoms with Crippen molar-refractivity contribution in [3.63, 3.8) is 0 Å². The Morgan fingerprint density at radius 3 is 2.79 bits per heavy atom. The Hall–Kier alpha value is -2.70. The smallest absolute Gasteiger partial charge is 0.176 e. The summed E-state index contributed by atoms with van der Waals surface area (Å²) in [6.45, 7) is 2.47. The van der Waals surface area contributed by atoms with Gasteiger partial charge in [0.15, 0.2) is 6.29 Å². The molecule has 1 aromatic carbocycles. The topological polar surface area (TPSA) is 53.0 Å². The Balaban J connectivity index is 1.56. The number of hydrogen-bond donors (Lipinski definition) is 1. The largest absolute Gasteiger partial charge is 0.494 e. The number of ether oxygens (including phenoxy) is 1. The fraction of sp³-hybridized carbons (Fsp3) is 0.364. The summed E-state index contributed by atoms with van der Waals surface area (Å²) in [4.78, 5) is 13.1. The predicted octanol–water partition coefficient (Wildman–Crippen LogP) is 2.73. The minimum Gasteiger partial charge on any atom is -0.494 e. The molecule has 1 aliphatic heterocycles. The van der Waals surface area contributed by atoms with E-state index >= 15 is 0 Å². The quantitative estimate of drug-likeness (QED) is 0.679. The van der Waals surface area contributed by atoms with Crippen molar-refractivity contribution in [1.29, 1.82) is 0 Å². The Kier molecular flexibility index (Phi) is 7.17. The van der Waals surface area contributed by atoms with E-state index in [1.807, 2.05) is 43.6 Å². The zero-order chi connectivity index (χ0) is 19.8. The SMILES string of the molecule is CN(C)CCCOc1cccc(CNC2N=C(c3ccncc3)C=CN2C)c1. The number of nitrogens with one attached hydrogen (secondary N) is 1. The van der Waals surface area contributed by atoms with Gasteiger partial charge in [-0.1, -0.05) is 12.1 Å². The molecule has 1 N–H and O–H groups in total. The molecule has 1 aliphatic rings. The highest BCUT2D eigenvalue weighted by Gasteiger charge is 2.15. The van der Waals surface area contributed by atoms with Crippen molar-refractivity contribution in [2.24, 2.45) is 4.99 Å². The van der Waals surface area contributed by atoms with Crippen molar-refractivity contribution in [3.05, 3.63) is 72.2 Å². The summed E-state index contributed by atoms with van der Waals surface area (Å²) in [6.07, 6.45) is 8.55. The molecule has 6 heteroatoms. The molecule has 3 rings (SSSR count). The second kappa shape index (κ2) is 10.0. The molecule has 1 atom stereocenters. The lowest BCUT2D eigenvalue weighted by atomic mass is 10.1. The van der Waals surface area contributed by atoms with Crippen molar-refractivity contribution in [2.75, 3.05) is 34.3 Å². The average molecular weight is 380 g/mol. The van der Waals surface area contributed by atoms with E-state index in [4.69, 9.17) is 9.73 Å². The van der Waals surface area contributed by atoms with Crippen molar-refractivity contribution in [2.45, 2.75) is 19.3 Å². The van der Waals surface area contributed by atoms with Gasteiger partial charge in [0.1, 0.15) is 5.75 Å². The summed E-state index contributed by atoms with van der Waals surface area (Å²) in [5.74, 6) is 0.913. The van der Waals surface area contributed by atoms with Crippen LogP contribution in [0.15, 0.2) is 66.1 Å². The number of benzene rings is 1. The van der Waals surface area contributed by atoms with Crippen LogP contribution in [0.25, 0.3) is 0 Å². The first-order chi connectivity index (χ1) is 13.6. The van der Waals surface area contributed by atoms with Crippen molar-refractivity contribution in [3.8, 4) is 5.75 Å². The van der Waals surface area contributed by atoms with E-state index in [1.54, 1.807) is 12.4 Å². The van der Waals surface area contributed by atoms with Crippen LogP contribution in [0, 0.1) is 0 Å². The van der Waals surface area contributed by atoms with Crippen LogP contribution in [0.3, 0.4) is 0 Å². The molecule has 0 amide bonds.